The van der Waals surface area contributed by atoms with Gasteiger partial charge in [-0.2, -0.15) is 0 Å². The van der Waals surface area contributed by atoms with Crippen LogP contribution in [0.4, 0.5) is 23.2 Å². The van der Waals surface area contributed by atoms with Gasteiger partial charge in [-0.1, -0.05) is 13.8 Å². The molecule has 0 radical (unpaired) electrons. The zero-order valence-corrected chi connectivity index (χ0v) is 8.76. The number of hydrogen-bond acceptors (Lipinski definition) is 3. The minimum atomic E-state index is -1.71. The second-order valence-electron chi connectivity index (χ2n) is 2.09. The highest BCUT2D eigenvalue weighted by Gasteiger charge is 2.23. The molecule has 3 N–H and O–H groups in total. The maximum Gasteiger partial charge on any atom is 0.186 e. The van der Waals surface area contributed by atoms with Gasteiger partial charge in [0.25, 0.3) is 0 Å². The summed E-state index contributed by atoms with van der Waals surface area (Å²) in [6.07, 6.45) is 0. The van der Waals surface area contributed by atoms with E-state index >= 15 is 0 Å². The van der Waals surface area contributed by atoms with Gasteiger partial charge in [0.05, 0.1) is 0 Å². The van der Waals surface area contributed by atoms with Gasteiger partial charge >= 0.3 is 0 Å². The van der Waals surface area contributed by atoms with Gasteiger partial charge in [-0.25, -0.2) is 17.6 Å². The first kappa shape index (κ1) is 14.1. The summed E-state index contributed by atoms with van der Waals surface area (Å²) in [5, 5.41) is 0. The highest BCUT2D eigenvalue weighted by molar-refractivity contribution is 7.93. The molecule has 0 aliphatic carbocycles. The number of anilines is 1. The standard InChI is InChI=1S/C6H3F4NOS.C2H6/c7-1-3(9)6(13-12)4(10)2(8)5(1)11;1-2/h12H,11H2;1-2H3. The Morgan fingerprint density at radius 2 is 1.27 bits per heavy atom. The third-order valence-corrected chi connectivity index (χ3v) is 1.89. The summed E-state index contributed by atoms with van der Waals surface area (Å²) in [5.41, 5.74) is 3.44. The number of hydrogen-bond donors (Lipinski definition) is 2. The average molecular weight is 243 g/mol. The van der Waals surface area contributed by atoms with Crippen LogP contribution in [0.15, 0.2) is 4.90 Å². The molecule has 86 valence electrons. The van der Waals surface area contributed by atoms with Crippen molar-refractivity contribution in [3.8, 4) is 0 Å². The second kappa shape index (κ2) is 5.82. The van der Waals surface area contributed by atoms with Crippen molar-refractivity contribution in [2.45, 2.75) is 18.7 Å². The van der Waals surface area contributed by atoms with Crippen molar-refractivity contribution in [2.75, 3.05) is 5.73 Å². The molecule has 0 bridgehead atoms. The van der Waals surface area contributed by atoms with Crippen molar-refractivity contribution in [3.63, 3.8) is 0 Å². The van der Waals surface area contributed by atoms with E-state index in [1.807, 2.05) is 13.8 Å². The minimum absolute atomic E-state index is 0.426. The Morgan fingerprint density at radius 3 is 1.53 bits per heavy atom. The van der Waals surface area contributed by atoms with E-state index in [0.29, 0.717) is 0 Å². The van der Waals surface area contributed by atoms with Gasteiger partial charge in [0.2, 0.25) is 0 Å². The summed E-state index contributed by atoms with van der Waals surface area (Å²) in [7, 11) is 0. The summed E-state index contributed by atoms with van der Waals surface area (Å²) in [4.78, 5) is -1.15. The molecule has 0 saturated heterocycles. The summed E-state index contributed by atoms with van der Waals surface area (Å²) in [5.74, 6) is -6.83. The third-order valence-electron chi connectivity index (χ3n) is 1.35. The predicted octanol–water partition coefficient (Wildman–Crippen LogP) is 3.42. The van der Waals surface area contributed by atoms with Gasteiger partial charge < -0.3 is 10.3 Å². The van der Waals surface area contributed by atoms with Gasteiger partial charge in [0, 0.05) is 12.0 Å². The SMILES string of the molecule is CC.Nc1c(F)c(F)c(SO)c(F)c1F. The van der Waals surface area contributed by atoms with Gasteiger partial charge in [-0.15, -0.1) is 0 Å². The van der Waals surface area contributed by atoms with Gasteiger partial charge in [0.1, 0.15) is 10.6 Å². The highest BCUT2D eigenvalue weighted by atomic mass is 32.2. The van der Waals surface area contributed by atoms with E-state index in [9.17, 15) is 17.6 Å². The van der Waals surface area contributed by atoms with E-state index in [0.717, 1.165) is 0 Å². The molecule has 0 heterocycles. The first-order valence-corrected chi connectivity index (χ1v) is 4.70. The molecule has 0 atom stereocenters. The molecular formula is C8H9F4NOS. The molecule has 1 aromatic carbocycles. The van der Waals surface area contributed by atoms with Crippen LogP contribution in [-0.2, 0) is 0 Å². The largest absolute Gasteiger partial charge is 0.394 e. The van der Waals surface area contributed by atoms with E-state index in [-0.39, 0.29) is 0 Å². The van der Waals surface area contributed by atoms with E-state index in [1.165, 1.54) is 0 Å². The van der Waals surface area contributed by atoms with Crippen molar-refractivity contribution in [2.24, 2.45) is 0 Å². The van der Waals surface area contributed by atoms with Crippen molar-refractivity contribution in [1.29, 1.82) is 0 Å². The highest BCUT2D eigenvalue weighted by Crippen LogP contribution is 2.30. The van der Waals surface area contributed by atoms with Gasteiger partial charge in [-0.05, 0) is 0 Å². The number of nitrogen functional groups attached to an aromatic ring is 1. The quantitative estimate of drug-likeness (QED) is 0.344. The molecule has 1 aromatic rings. The molecule has 0 spiro atoms. The smallest absolute Gasteiger partial charge is 0.186 e. The van der Waals surface area contributed by atoms with Crippen LogP contribution in [0.3, 0.4) is 0 Å². The maximum absolute atomic E-state index is 12.7. The summed E-state index contributed by atoms with van der Waals surface area (Å²) in [6.45, 7) is 4.00. The minimum Gasteiger partial charge on any atom is -0.394 e. The van der Waals surface area contributed by atoms with E-state index in [4.69, 9.17) is 4.55 Å². The topological polar surface area (TPSA) is 46.2 Å². The van der Waals surface area contributed by atoms with E-state index in [2.05, 4.69) is 5.73 Å². The average Bonchev–Trinajstić information content (AvgIpc) is 2.27. The van der Waals surface area contributed by atoms with Crippen LogP contribution < -0.4 is 5.73 Å². The zero-order chi connectivity index (χ0) is 12.2. The Hall–Kier alpha value is -0.950. The lowest BCUT2D eigenvalue weighted by molar-refractivity contribution is 0.428. The molecule has 2 nitrogen and oxygen atoms in total. The van der Waals surface area contributed by atoms with Crippen LogP contribution >= 0.6 is 12.0 Å². The van der Waals surface area contributed by atoms with Gasteiger partial charge in [0.15, 0.2) is 23.3 Å². The van der Waals surface area contributed by atoms with E-state index < -0.39 is 45.9 Å². The molecule has 0 aromatic heterocycles. The zero-order valence-electron chi connectivity index (χ0n) is 7.94. The molecule has 1 rings (SSSR count). The molecule has 15 heavy (non-hydrogen) atoms. The number of benzene rings is 1. The first-order chi connectivity index (χ1) is 7.00. The lowest BCUT2D eigenvalue weighted by atomic mass is 10.2. The Kier molecular flexibility index (Phi) is 5.45. The number of rotatable bonds is 1. The van der Waals surface area contributed by atoms with Crippen LogP contribution in [0.2, 0.25) is 0 Å². The molecule has 0 saturated carbocycles. The Bertz CT molecular complexity index is 330. The molecule has 0 aliphatic heterocycles. The number of nitrogens with two attached hydrogens (primary N) is 1. The fourth-order valence-corrected chi connectivity index (χ4v) is 1.05. The molecule has 7 heteroatoms. The molecule has 0 fully saturated rings. The van der Waals surface area contributed by atoms with Crippen LogP contribution in [0.25, 0.3) is 0 Å². The second-order valence-corrected chi connectivity index (χ2v) is 2.68. The normalized spacial score (nSPS) is 9.53. The molecule has 0 aliphatic rings. The summed E-state index contributed by atoms with van der Waals surface area (Å²) in [6, 6.07) is 0. The van der Waals surface area contributed by atoms with Crippen LogP contribution in [0.1, 0.15) is 13.8 Å². The van der Waals surface area contributed by atoms with Crippen molar-refractivity contribution < 1.29 is 22.1 Å². The maximum atomic E-state index is 12.7. The van der Waals surface area contributed by atoms with Crippen molar-refractivity contribution in [1.82, 2.24) is 0 Å². The molecule has 0 unspecified atom stereocenters. The summed E-state index contributed by atoms with van der Waals surface area (Å²) >= 11 is -0.426. The van der Waals surface area contributed by atoms with Crippen LogP contribution in [0, 0.1) is 23.3 Å². The van der Waals surface area contributed by atoms with Crippen molar-refractivity contribution in [3.05, 3.63) is 23.3 Å². The number of halogens is 4. The predicted molar refractivity (Wildman–Crippen MR) is 50.5 cm³/mol. The fraction of sp³-hybridized carbons (Fsp3) is 0.250. The summed E-state index contributed by atoms with van der Waals surface area (Å²) < 4.78 is 58.8. The van der Waals surface area contributed by atoms with Crippen LogP contribution in [-0.4, -0.2) is 4.55 Å². The Balaban J connectivity index is 0.000000921. The first-order valence-electron chi connectivity index (χ1n) is 3.93. The Labute approximate surface area is 88.3 Å². The van der Waals surface area contributed by atoms with Crippen LogP contribution in [0.5, 0.6) is 0 Å². The van der Waals surface area contributed by atoms with Gasteiger partial charge in [-0.3, -0.25) is 0 Å². The monoisotopic (exact) mass is 243 g/mol. The fourth-order valence-electron chi connectivity index (χ4n) is 0.709. The van der Waals surface area contributed by atoms with Crippen molar-refractivity contribution >= 4 is 17.7 Å². The lowest BCUT2D eigenvalue weighted by Crippen LogP contribution is -2.04. The lowest BCUT2D eigenvalue weighted by Gasteiger charge is -2.05. The molecule has 0 amide bonds. The Morgan fingerprint density at radius 1 is 0.933 bits per heavy atom. The third kappa shape index (κ3) is 2.54. The van der Waals surface area contributed by atoms with E-state index in [1.54, 1.807) is 0 Å². The molecular weight excluding hydrogens is 234 g/mol.